The SMILES string of the molecule is COC(=Nc1ccccc1)c1ccc(C(=Nc2ccccc2)OC)cc1. The van der Waals surface area contributed by atoms with Crippen molar-refractivity contribution < 1.29 is 9.47 Å². The lowest BCUT2D eigenvalue weighted by molar-refractivity contribution is 0.404. The Morgan fingerprint density at radius 3 is 1.19 bits per heavy atom. The molecule has 4 heteroatoms. The average Bonchev–Trinajstić information content (AvgIpc) is 2.72. The van der Waals surface area contributed by atoms with Crippen LogP contribution < -0.4 is 0 Å². The van der Waals surface area contributed by atoms with E-state index in [-0.39, 0.29) is 0 Å². The summed E-state index contributed by atoms with van der Waals surface area (Å²) in [5.74, 6) is 1.11. The molecule has 0 aliphatic rings. The molecule has 0 heterocycles. The van der Waals surface area contributed by atoms with Crippen LogP contribution >= 0.6 is 0 Å². The molecule has 26 heavy (non-hydrogen) atoms. The van der Waals surface area contributed by atoms with Gasteiger partial charge in [0.2, 0.25) is 11.8 Å². The molecule has 0 bridgehead atoms. The Morgan fingerprint density at radius 1 is 0.538 bits per heavy atom. The Bertz CT molecular complexity index is 810. The molecule has 0 N–H and O–H groups in total. The Morgan fingerprint density at radius 2 is 0.885 bits per heavy atom. The third kappa shape index (κ3) is 4.36. The first-order valence-corrected chi connectivity index (χ1v) is 8.26. The van der Waals surface area contributed by atoms with Gasteiger partial charge in [-0.05, 0) is 48.5 Å². The zero-order valence-corrected chi connectivity index (χ0v) is 14.8. The Kier molecular flexibility index (Phi) is 5.78. The number of aliphatic imine (C=N–C) groups is 2. The fourth-order valence-electron chi connectivity index (χ4n) is 2.45. The van der Waals surface area contributed by atoms with Gasteiger partial charge in [0.25, 0.3) is 0 Å². The summed E-state index contributed by atoms with van der Waals surface area (Å²) in [6, 6.07) is 27.2. The molecule has 0 aliphatic carbocycles. The monoisotopic (exact) mass is 344 g/mol. The highest BCUT2D eigenvalue weighted by atomic mass is 16.5. The molecule has 0 amide bonds. The Hall–Kier alpha value is -3.40. The topological polar surface area (TPSA) is 43.2 Å². The zero-order chi connectivity index (χ0) is 18.2. The minimum absolute atomic E-state index is 0.557. The molecule has 0 spiro atoms. The fraction of sp³-hybridized carbons (Fsp3) is 0.0909. The highest BCUT2D eigenvalue weighted by Crippen LogP contribution is 2.17. The normalized spacial score (nSPS) is 11.9. The van der Waals surface area contributed by atoms with E-state index in [2.05, 4.69) is 9.98 Å². The van der Waals surface area contributed by atoms with E-state index in [1.54, 1.807) is 14.2 Å². The van der Waals surface area contributed by atoms with Gasteiger partial charge in [0.15, 0.2) is 0 Å². The van der Waals surface area contributed by atoms with Crippen molar-refractivity contribution in [2.24, 2.45) is 9.98 Å². The Balaban J connectivity index is 1.87. The van der Waals surface area contributed by atoms with Crippen LogP contribution in [-0.4, -0.2) is 26.0 Å². The van der Waals surface area contributed by atoms with Gasteiger partial charge in [0, 0.05) is 11.1 Å². The lowest BCUT2D eigenvalue weighted by Crippen LogP contribution is -2.06. The van der Waals surface area contributed by atoms with Gasteiger partial charge in [0.05, 0.1) is 25.6 Å². The molecule has 0 saturated carbocycles. The van der Waals surface area contributed by atoms with Crippen LogP contribution in [0.1, 0.15) is 11.1 Å². The predicted molar refractivity (Wildman–Crippen MR) is 106 cm³/mol. The van der Waals surface area contributed by atoms with Crippen LogP contribution in [0.4, 0.5) is 11.4 Å². The van der Waals surface area contributed by atoms with Gasteiger partial charge in [0.1, 0.15) is 0 Å². The van der Waals surface area contributed by atoms with Crippen LogP contribution in [-0.2, 0) is 9.47 Å². The van der Waals surface area contributed by atoms with Crippen molar-refractivity contribution in [2.45, 2.75) is 0 Å². The summed E-state index contributed by atoms with van der Waals surface area (Å²) in [7, 11) is 3.24. The van der Waals surface area contributed by atoms with E-state index in [0.717, 1.165) is 22.5 Å². The zero-order valence-electron chi connectivity index (χ0n) is 14.8. The van der Waals surface area contributed by atoms with Crippen LogP contribution in [0.25, 0.3) is 0 Å². The molecule has 0 aliphatic heterocycles. The number of para-hydroxylation sites is 2. The Labute approximate surface area is 153 Å². The van der Waals surface area contributed by atoms with Crippen LogP contribution in [0, 0.1) is 0 Å². The van der Waals surface area contributed by atoms with Gasteiger partial charge in [-0.3, -0.25) is 0 Å². The van der Waals surface area contributed by atoms with E-state index >= 15 is 0 Å². The fourth-order valence-corrected chi connectivity index (χ4v) is 2.45. The standard InChI is InChI=1S/C22H20N2O2/c1-25-21(23-19-9-5-3-6-10-19)17-13-15-18(16-14-17)22(26-2)24-20-11-7-4-8-12-20/h3-16H,1-2H3. The summed E-state index contributed by atoms with van der Waals surface area (Å²) in [4.78, 5) is 9.09. The number of ether oxygens (including phenoxy) is 2. The third-order valence-corrected chi connectivity index (χ3v) is 3.74. The lowest BCUT2D eigenvalue weighted by Gasteiger charge is -2.08. The molecule has 0 radical (unpaired) electrons. The highest BCUT2D eigenvalue weighted by molar-refractivity contribution is 5.99. The highest BCUT2D eigenvalue weighted by Gasteiger charge is 2.08. The maximum atomic E-state index is 5.45. The second kappa shape index (κ2) is 8.62. The summed E-state index contributed by atoms with van der Waals surface area (Å²) in [5.41, 5.74) is 3.46. The molecule has 0 aromatic heterocycles. The number of methoxy groups -OCH3 is 2. The van der Waals surface area contributed by atoms with Crippen LogP contribution in [0.5, 0.6) is 0 Å². The number of hydrogen-bond acceptors (Lipinski definition) is 4. The first-order chi connectivity index (χ1) is 12.8. The largest absolute Gasteiger partial charge is 0.481 e. The van der Waals surface area contributed by atoms with E-state index < -0.39 is 0 Å². The summed E-state index contributed by atoms with van der Waals surface area (Å²) in [5, 5.41) is 0. The minimum Gasteiger partial charge on any atom is -0.481 e. The molecule has 0 saturated heterocycles. The molecule has 3 rings (SSSR count). The van der Waals surface area contributed by atoms with Gasteiger partial charge in [-0.2, -0.15) is 0 Å². The van der Waals surface area contributed by atoms with Gasteiger partial charge in [-0.25, -0.2) is 9.98 Å². The van der Waals surface area contributed by atoms with E-state index in [4.69, 9.17) is 9.47 Å². The van der Waals surface area contributed by atoms with E-state index in [9.17, 15) is 0 Å². The molecule has 3 aromatic carbocycles. The molecule has 4 nitrogen and oxygen atoms in total. The molecule has 0 atom stereocenters. The first kappa shape index (κ1) is 17.4. The summed E-state index contributed by atoms with van der Waals surface area (Å²) < 4.78 is 10.9. The van der Waals surface area contributed by atoms with E-state index in [1.165, 1.54) is 0 Å². The first-order valence-electron chi connectivity index (χ1n) is 8.26. The predicted octanol–water partition coefficient (Wildman–Crippen LogP) is 5.14. The van der Waals surface area contributed by atoms with Crippen LogP contribution in [0.15, 0.2) is 94.9 Å². The number of benzene rings is 3. The summed E-state index contributed by atoms with van der Waals surface area (Å²) >= 11 is 0. The van der Waals surface area contributed by atoms with E-state index in [0.29, 0.717) is 11.8 Å². The van der Waals surface area contributed by atoms with E-state index in [1.807, 2.05) is 84.9 Å². The van der Waals surface area contributed by atoms with Crippen LogP contribution in [0.3, 0.4) is 0 Å². The lowest BCUT2D eigenvalue weighted by atomic mass is 10.1. The maximum absolute atomic E-state index is 5.45. The van der Waals surface area contributed by atoms with Crippen LogP contribution in [0.2, 0.25) is 0 Å². The second-order valence-electron chi connectivity index (χ2n) is 5.49. The van der Waals surface area contributed by atoms with Gasteiger partial charge in [-0.1, -0.05) is 36.4 Å². The summed E-state index contributed by atoms with van der Waals surface area (Å²) in [6.07, 6.45) is 0. The van der Waals surface area contributed by atoms with Gasteiger partial charge < -0.3 is 9.47 Å². The van der Waals surface area contributed by atoms with Crippen molar-refractivity contribution >= 4 is 23.2 Å². The quantitative estimate of drug-likeness (QED) is 0.486. The van der Waals surface area contributed by atoms with Crippen molar-refractivity contribution in [1.29, 1.82) is 0 Å². The van der Waals surface area contributed by atoms with Crippen molar-refractivity contribution in [1.82, 2.24) is 0 Å². The number of hydrogen-bond donors (Lipinski definition) is 0. The number of rotatable bonds is 4. The molecular formula is C22H20N2O2. The molecular weight excluding hydrogens is 324 g/mol. The van der Waals surface area contributed by atoms with Crippen molar-refractivity contribution in [3.63, 3.8) is 0 Å². The molecule has 0 unspecified atom stereocenters. The van der Waals surface area contributed by atoms with Crippen molar-refractivity contribution in [2.75, 3.05) is 14.2 Å². The molecule has 3 aromatic rings. The van der Waals surface area contributed by atoms with Crippen molar-refractivity contribution in [3.05, 3.63) is 96.1 Å². The minimum atomic E-state index is 0.557. The van der Waals surface area contributed by atoms with Gasteiger partial charge >= 0.3 is 0 Å². The third-order valence-electron chi connectivity index (χ3n) is 3.74. The van der Waals surface area contributed by atoms with Gasteiger partial charge in [-0.15, -0.1) is 0 Å². The number of nitrogens with zero attached hydrogens (tertiary/aromatic N) is 2. The molecule has 0 fully saturated rings. The average molecular weight is 344 g/mol. The maximum Gasteiger partial charge on any atom is 0.220 e. The van der Waals surface area contributed by atoms with Crippen molar-refractivity contribution in [3.8, 4) is 0 Å². The smallest absolute Gasteiger partial charge is 0.220 e. The summed E-state index contributed by atoms with van der Waals surface area (Å²) in [6.45, 7) is 0. The second-order valence-corrected chi connectivity index (χ2v) is 5.49. The molecule has 130 valence electrons.